The van der Waals surface area contributed by atoms with E-state index >= 15 is 0 Å². The summed E-state index contributed by atoms with van der Waals surface area (Å²) >= 11 is 0. The lowest BCUT2D eigenvalue weighted by Crippen LogP contribution is -2.52. The summed E-state index contributed by atoms with van der Waals surface area (Å²) in [6.07, 6.45) is 5.64. The normalized spacial score (nSPS) is 17.3. The number of carbonyl (C=O) groups is 2. The lowest BCUT2D eigenvalue weighted by Gasteiger charge is -2.41. The van der Waals surface area contributed by atoms with Crippen LogP contribution in [0.3, 0.4) is 0 Å². The first-order chi connectivity index (χ1) is 10.6. The molecule has 1 atom stereocenters. The van der Waals surface area contributed by atoms with Crippen molar-refractivity contribution in [2.24, 2.45) is 5.41 Å². The van der Waals surface area contributed by atoms with Crippen LogP contribution in [0.5, 0.6) is 0 Å². The maximum Gasteiger partial charge on any atom is 0.326 e. The Morgan fingerprint density at radius 1 is 1.27 bits per heavy atom. The highest BCUT2D eigenvalue weighted by Gasteiger charge is 2.44. The van der Waals surface area contributed by atoms with Crippen molar-refractivity contribution in [1.82, 2.24) is 5.32 Å². The van der Waals surface area contributed by atoms with Gasteiger partial charge in [-0.1, -0.05) is 56.5 Å². The zero-order valence-corrected chi connectivity index (χ0v) is 13.2. The maximum atomic E-state index is 12.7. The molecule has 1 aliphatic rings. The molecule has 4 nitrogen and oxygen atoms in total. The lowest BCUT2D eigenvalue weighted by molar-refractivity contribution is -0.146. The van der Waals surface area contributed by atoms with Crippen LogP contribution in [0.2, 0.25) is 0 Å². The molecule has 4 heteroatoms. The summed E-state index contributed by atoms with van der Waals surface area (Å²) in [4.78, 5) is 24.0. The van der Waals surface area contributed by atoms with E-state index < -0.39 is 17.4 Å². The Morgan fingerprint density at radius 3 is 2.45 bits per heavy atom. The Balaban J connectivity index is 2.03. The van der Waals surface area contributed by atoms with Gasteiger partial charge in [0, 0.05) is 0 Å². The van der Waals surface area contributed by atoms with Crippen LogP contribution in [0.1, 0.15) is 51.0 Å². The number of carboxylic acid groups (broad SMARTS) is 1. The number of rotatable bonds is 8. The number of aliphatic carboxylic acids is 1. The quantitative estimate of drug-likeness (QED) is 0.775. The summed E-state index contributed by atoms with van der Waals surface area (Å²) in [5, 5.41) is 12.1. The average molecular weight is 303 g/mol. The van der Waals surface area contributed by atoms with E-state index in [-0.39, 0.29) is 5.91 Å². The van der Waals surface area contributed by atoms with Crippen LogP contribution < -0.4 is 5.32 Å². The molecule has 1 fully saturated rings. The third kappa shape index (κ3) is 3.87. The van der Waals surface area contributed by atoms with Crippen LogP contribution in [0.4, 0.5) is 0 Å². The number of hydrogen-bond acceptors (Lipinski definition) is 2. The molecule has 1 amide bonds. The van der Waals surface area contributed by atoms with E-state index in [1.165, 1.54) is 0 Å². The topological polar surface area (TPSA) is 66.4 Å². The van der Waals surface area contributed by atoms with Gasteiger partial charge < -0.3 is 10.4 Å². The Bertz CT molecular complexity index is 508. The van der Waals surface area contributed by atoms with E-state index in [1.54, 1.807) is 0 Å². The van der Waals surface area contributed by atoms with E-state index in [2.05, 4.69) is 5.32 Å². The molecule has 0 radical (unpaired) electrons. The molecule has 0 spiro atoms. The Hall–Kier alpha value is -1.84. The van der Waals surface area contributed by atoms with Crippen molar-refractivity contribution in [3.05, 3.63) is 35.9 Å². The molecule has 22 heavy (non-hydrogen) atoms. The SMILES string of the molecule is CCCC[C@H](NC(=O)C1(Cc2ccccc2)CCC1)C(=O)O. The van der Waals surface area contributed by atoms with Crippen molar-refractivity contribution >= 4 is 11.9 Å². The molecule has 0 bridgehead atoms. The zero-order chi connectivity index (χ0) is 16.0. The first-order valence-electron chi connectivity index (χ1n) is 8.15. The second-order valence-corrected chi connectivity index (χ2v) is 6.30. The van der Waals surface area contributed by atoms with Gasteiger partial charge in [0.05, 0.1) is 5.41 Å². The Morgan fingerprint density at radius 2 is 1.95 bits per heavy atom. The number of amides is 1. The molecule has 2 N–H and O–H groups in total. The standard InChI is InChI=1S/C18H25NO3/c1-2-3-10-15(16(20)21)19-17(22)18(11-7-12-18)13-14-8-5-4-6-9-14/h4-6,8-9,15H,2-3,7,10-13H2,1H3,(H,19,22)(H,20,21)/t15-/m0/s1. The van der Waals surface area contributed by atoms with E-state index in [4.69, 9.17) is 0 Å². The number of carboxylic acids is 1. The highest BCUT2D eigenvalue weighted by Crippen LogP contribution is 2.44. The number of benzene rings is 1. The zero-order valence-electron chi connectivity index (χ0n) is 13.2. The van der Waals surface area contributed by atoms with Crippen molar-refractivity contribution in [3.63, 3.8) is 0 Å². The summed E-state index contributed by atoms with van der Waals surface area (Å²) in [6, 6.07) is 9.20. The molecule has 1 saturated carbocycles. The van der Waals surface area contributed by atoms with Crippen molar-refractivity contribution in [2.75, 3.05) is 0 Å². The Labute approximate surface area is 131 Å². The molecule has 0 unspecified atom stereocenters. The summed E-state index contributed by atoms with van der Waals surface area (Å²) in [6.45, 7) is 2.02. The Kier molecular flexibility index (Phi) is 5.58. The summed E-state index contributed by atoms with van der Waals surface area (Å²) < 4.78 is 0. The molecule has 0 aromatic heterocycles. The number of carbonyl (C=O) groups excluding carboxylic acids is 1. The summed E-state index contributed by atoms with van der Waals surface area (Å²) in [7, 11) is 0. The molecular weight excluding hydrogens is 278 g/mol. The van der Waals surface area contributed by atoms with Gasteiger partial charge in [0.25, 0.3) is 0 Å². The second-order valence-electron chi connectivity index (χ2n) is 6.30. The lowest BCUT2D eigenvalue weighted by atomic mass is 9.64. The van der Waals surface area contributed by atoms with Crippen molar-refractivity contribution < 1.29 is 14.7 Å². The van der Waals surface area contributed by atoms with Crippen LogP contribution >= 0.6 is 0 Å². The van der Waals surface area contributed by atoms with Crippen molar-refractivity contribution in [1.29, 1.82) is 0 Å². The first-order valence-corrected chi connectivity index (χ1v) is 8.15. The maximum absolute atomic E-state index is 12.7. The molecule has 1 aliphatic carbocycles. The molecule has 0 saturated heterocycles. The van der Waals surface area contributed by atoms with Gasteiger partial charge in [-0.25, -0.2) is 4.79 Å². The molecule has 1 aromatic rings. The third-order valence-corrected chi connectivity index (χ3v) is 4.63. The number of hydrogen-bond donors (Lipinski definition) is 2. The molecule has 0 aliphatic heterocycles. The fourth-order valence-electron chi connectivity index (χ4n) is 3.05. The molecule has 120 valence electrons. The minimum absolute atomic E-state index is 0.0916. The van der Waals surface area contributed by atoms with Gasteiger partial charge in [-0.05, 0) is 31.2 Å². The van der Waals surface area contributed by atoms with E-state index in [0.29, 0.717) is 12.8 Å². The number of nitrogens with one attached hydrogen (secondary N) is 1. The molecule has 2 rings (SSSR count). The van der Waals surface area contributed by atoms with Gasteiger partial charge >= 0.3 is 5.97 Å². The largest absolute Gasteiger partial charge is 0.480 e. The van der Waals surface area contributed by atoms with Gasteiger partial charge in [-0.15, -0.1) is 0 Å². The molecule has 1 aromatic carbocycles. The van der Waals surface area contributed by atoms with Gasteiger partial charge in [-0.2, -0.15) is 0 Å². The van der Waals surface area contributed by atoms with Gasteiger partial charge in [0.15, 0.2) is 0 Å². The van der Waals surface area contributed by atoms with Crippen molar-refractivity contribution in [2.45, 2.75) is 57.9 Å². The molecular formula is C18H25NO3. The molecule has 0 heterocycles. The van der Waals surface area contributed by atoms with Crippen LogP contribution in [0, 0.1) is 5.41 Å². The first kappa shape index (κ1) is 16.5. The van der Waals surface area contributed by atoms with Crippen molar-refractivity contribution in [3.8, 4) is 0 Å². The van der Waals surface area contributed by atoms with Crippen LogP contribution in [-0.2, 0) is 16.0 Å². The van der Waals surface area contributed by atoms with E-state index in [9.17, 15) is 14.7 Å². The highest BCUT2D eigenvalue weighted by atomic mass is 16.4. The van der Waals surface area contributed by atoms with Gasteiger partial charge in [0.2, 0.25) is 5.91 Å². The summed E-state index contributed by atoms with van der Waals surface area (Å²) in [5.41, 5.74) is 0.721. The predicted octanol–water partition coefficient (Wildman–Crippen LogP) is 3.16. The second kappa shape index (κ2) is 7.43. The fourth-order valence-corrected chi connectivity index (χ4v) is 3.05. The minimum atomic E-state index is -0.934. The van der Waals surface area contributed by atoms with Crippen LogP contribution in [0.15, 0.2) is 30.3 Å². The predicted molar refractivity (Wildman–Crippen MR) is 85.5 cm³/mol. The monoisotopic (exact) mass is 303 g/mol. The van der Waals surface area contributed by atoms with Gasteiger partial charge in [-0.3, -0.25) is 4.79 Å². The highest BCUT2D eigenvalue weighted by molar-refractivity contribution is 5.88. The summed E-state index contributed by atoms with van der Waals surface area (Å²) in [5.74, 6) is -1.03. The smallest absolute Gasteiger partial charge is 0.326 e. The minimum Gasteiger partial charge on any atom is -0.480 e. The van der Waals surface area contributed by atoms with Crippen LogP contribution in [0.25, 0.3) is 0 Å². The van der Waals surface area contributed by atoms with Gasteiger partial charge in [0.1, 0.15) is 6.04 Å². The van der Waals surface area contributed by atoms with Crippen LogP contribution in [-0.4, -0.2) is 23.0 Å². The number of unbranched alkanes of at least 4 members (excludes halogenated alkanes) is 1. The average Bonchev–Trinajstić information content (AvgIpc) is 2.47. The van der Waals surface area contributed by atoms with E-state index in [0.717, 1.165) is 37.7 Å². The third-order valence-electron chi connectivity index (χ3n) is 4.63. The fraction of sp³-hybridized carbons (Fsp3) is 0.556. The van der Waals surface area contributed by atoms with E-state index in [1.807, 2.05) is 37.3 Å².